The molecule has 0 radical (unpaired) electrons. The number of nitrogens with two attached hydrogens (primary N) is 1. The zero-order valence-electron chi connectivity index (χ0n) is 11.5. The SMILES string of the molecule is CCc1cc(C(NN)c2cccc(Cl)c2Cl)n(CC)n1. The van der Waals surface area contributed by atoms with Crippen LogP contribution in [0.15, 0.2) is 24.3 Å². The van der Waals surface area contributed by atoms with Crippen molar-refractivity contribution in [3.05, 3.63) is 51.3 Å². The second-order valence-corrected chi connectivity index (χ2v) is 5.26. The molecule has 20 heavy (non-hydrogen) atoms. The van der Waals surface area contributed by atoms with Gasteiger partial charge in [0.05, 0.1) is 27.5 Å². The Bertz CT molecular complexity index is 595. The largest absolute Gasteiger partial charge is 0.271 e. The van der Waals surface area contributed by atoms with Gasteiger partial charge < -0.3 is 0 Å². The van der Waals surface area contributed by atoms with Crippen LogP contribution in [0.2, 0.25) is 10.0 Å². The highest BCUT2D eigenvalue weighted by atomic mass is 35.5. The molecule has 4 nitrogen and oxygen atoms in total. The summed E-state index contributed by atoms with van der Waals surface area (Å²) in [6, 6.07) is 7.34. The third-order valence-electron chi connectivity index (χ3n) is 3.28. The molecule has 2 rings (SSSR count). The molecule has 0 bridgehead atoms. The van der Waals surface area contributed by atoms with Crippen molar-refractivity contribution in [2.45, 2.75) is 32.9 Å². The van der Waals surface area contributed by atoms with E-state index in [9.17, 15) is 0 Å². The number of hydrazine groups is 1. The summed E-state index contributed by atoms with van der Waals surface area (Å²) in [5.41, 5.74) is 5.67. The number of aryl methyl sites for hydroxylation is 2. The Morgan fingerprint density at radius 1 is 1.35 bits per heavy atom. The van der Waals surface area contributed by atoms with Crippen molar-refractivity contribution in [3.63, 3.8) is 0 Å². The monoisotopic (exact) mass is 312 g/mol. The normalized spacial score (nSPS) is 12.7. The lowest BCUT2D eigenvalue weighted by molar-refractivity contribution is 0.541. The van der Waals surface area contributed by atoms with Crippen LogP contribution in [0.5, 0.6) is 0 Å². The third kappa shape index (κ3) is 2.83. The number of nitrogens with zero attached hydrogens (tertiary/aromatic N) is 2. The van der Waals surface area contributed by atoms with Gasteiger partial charge >= 0.3 is 0 Å². The summed E-state index contributed by atoms with van der Waals surface area (Å²) in [6.45, 7) is 4.89. The van der Waals surface area contributed by atoms with E-state index in [0.29, 0.717) is 10.0 Å². The Morgan fingerprint density at radius 2 is 2.10 bits per heavy atom. The molecule has 1 unspecified atom stereocenters. The van der Waals surface area contributed by atoms with Crippen molar-refractivity contribution in [1.29, 1.82) is 0 Å². The molecule has 0 aliphatic rings. The van der Waals surface area contributed by atoms with Gasteiger partial charge in [0.25, 0.3) is 0 Å². The van der Waals surface area contributed by atoms with Gasteiger partial charge in [0.15, 0.2) is 0 Å². The van der Waals surface area contributed by atoms with Crippen LogP contribution in [-0.2, 0) is 13.0 Å². The van der Waals surface area contributed by atoms with Crippen molar-refractivity contribution in [2.24, 2.45) is 5.84 Å². The van der Waals surface area contributed by atoms with Crippen LogP contribution in [0, 0.1) is 0 Å². The fraction of sp³-hybridized carbons (Fsp3) is 0.357. The molecule has 0 aliphatic heterocycles. The lowest BCUT2D eigenvalue weighted by atomic mass is 10.0. The number of hydrogen-bond acceptors (Lipinski definition) is 3. The highest BCUT2D eigenvalue weighted by molar-refractivity contribution is 6.42. The molecule has 0 fully saturated rings. The molecule has 0 amide bonds. The minimum atomic E-state index is -0.242. The van der Waals surface area contributed by atoms with Crippen molar-refractivity contribution in [3.8, 4) is 0 Å². The van der Waals surface area contributed by atoms with E-state index in [1.54, 1.807) is 6.07 Å². The number of aromatic nitrogens is 2. The highest BCUT2D eigenvalue weighted by Crippen LogP contribution is 2.33. The zero-order chi connectivity index (χ0) is 14.7. The predicted molar refractivity (Wildman–Crippen MR) is 82.9 cm³/mol. The van der Waals surface area contributed by atoms with Crippen LogP contribution >= 0.6 is 23.2 Å². The average Bonchev–Trinajstić information content (AvgIpc) is 2.87. The van der Waals surface area contributed by atoms with Crippen LogP contribution in [0.4, 0.5) is 0 Å². The van der Waals surface area contributed by atoms with Gasteiger partial charge in [-0.05, 0) is 31.0 Å². The van der Waals surface area contributed by atoms with Crippen molar-refractivity contribution in [2.75, 3.05) is 0 Å². The summed E-state index contributed by atoms with van der Waals surface area (Å²) in [7, 11) is 0. The van der Waals surface area contributed by atoms with E-state index < -0.39 is 0 Å². The van der Waals surface area contributed by atoms with E-state index in [0.717, 1.165) is 29.9 Å². The number of rotatable bonds is 5. The van der Waals surface area contributed by atoms with Gasteiger partial charge in [-0.15, -0.1) is 0 Å². The molecule has 0 aliphatic carbocycles. The van der Waals surface area contributed by atoms with E-state index in [1.807, 2.05) is 29.8 Å². The number of nitrogens with one attached hydrogen (secondary N) is 1. The maximum atomic E-state index is 6.30. The summed E-state index contributed by atoms with van der Waals surface area (Å²) in [5.74, 6) is 5.74. The molecule has 2 aromatic rings. The molecule has 1 heterocycles. The molecule has 0 saturated heterocycles. The topological polar surface area (TPSA) is 55.9 Å². The van der Waals surface area contributed by atoms with E-state index >= 15 is 0 Å². The lowest BCUT2D eigenvalue weighted by Gasteiger charge is -2.19. The van der Waals surface area contributed by atoms with Gasteiger partial charge in [0.1, 0.15) is 0 Å². The molecule has 6 heteroatoms. The van der Waals surface area contributed by atoms with Crippen LogP contribution in [0.3, 0.4) is 0 Å². The fourth-order valence-electron chi connectivity index (χ4n) is 2.22. The Labute approximate surface area is 128 Å². The average molecular weight is 313 g/mol. The maximum Gasteiger partial charge on any atom is 0.0893 e. The summed E-state index contributed by atoms with van der Waals surface area (Å²) in [6.07, 6.45) is 0.876. The van der Waals surface area contributed by atoms with Gasteiger partial charge in [-0.25, -0.2) is 5.43 Å². The van der Waals surface area contributed by atoms with Crippen LogP contribution in [-0.4, -0.2) is 9.78 Å². The Hall–Kier alpha value is -1.07. The first-order chi connectivity index (χ1) is 9.62. The first kappa shape index (κ1) is 15.3. The second kappa shape index (κ2) is 6.59. The minimum Gasteiger partial charge on any atom is -0.271 e. The van der Waals surface area contributed by atoms with Crippen molar-refractivity contribution >= 4 is 23.2 Å². The summed E-state index contributed by atoms with van der Waals surface area (Å²) in [4.78, 5) is 0. The molecule has 1 aromatic heterocycles. The third-order valence-corrected chi connectivity index (χ3v) is 4.11. The zero-order valence-corrected chi connectivity index (χ0v) is 13.0. The first-order valence-electron chi connectivity index (χ1n) is 6.59. The van der Waals surface area contributed by atoms with Crippen LogP contribution in [0.25, 0.3) is 0 Å². The molecule has 1 aromatic carbocycles. The van der Waals surface area contributed by atoms with Crippen molar-refractivity contribution < 1.29 is 0 Å². The Kier molecular flexibility index (Phi) is 5.05. The molecule has 0 saturated carbocycles. The minimum absolute atomic E-state index is 0.242. The van der Waals surface area contributed by atoms with Gasteiger partial charge in [0, 0.05) is 6.54 Å². The smallest absolute Gasteiger partial charge is 0.0893 e. The quantitative estimate of drug-likeness (QED) is 0.657. The highest BCUT2D eigenvalue weighted by Gasteiger charge is 2.21. The summed E-state index contributed by atoms with van der Waals surface area (Å²) in [5, 5.41) is 5.57. The summed E-state index contributed by atoms with van der Waals surface area (Å²) >= 11 is 12.4. The molecule has 1 atom stereocenters. The van der Waals surface area contributed by atoms with Crippen molar-refractivity contribution in [1.82, 2.24) is 15.2 Å². The molecule has 0 spiro atoms. The second-order valence-electron chi connectivity index (χ2n) is 4.47. The van der Waals surface area contributed by atoms with Gasteiger partial charge in [-0.2, -0.15) is 5.10 Å². The van der Waals surface area contributed by atoms with E-state index in [1.165, 1.54) is 0 Å². The van der Waals surface area contributed by atoms with Gasteiger partial charge in [-0.1, -0.05) is 42.3 Å². The fourth-order valence-corrected chi connectivity index (χ4v) is 2.64. The van der Waals surface area contributed by atoms with Crippen LogP contribution < -0.4 is 11.3 Å². The predicted octanol–water partition coefficient (Wildman–Crippen LogP) is 3.32. The Balaban J connectivity index is 2.52. The van der Waals surface area contributed by atoms with E-state index in [2.05, 4.69) is 17.4 Å². The van der Waals surface area contributed by atoms with Gasteiger partial charge in [0.2, 0.25) is 0 Å². The first-order valence-corrected chi connectivity index (χ1v) is 7.34. The van der Waals surface area contributed by atoms with E-state index in [4.69, 9.17) is 29.0 Å². The molecular weight excluding hydrogens is 295 g/mol. The molecule has 3 N–H and O–H groups in total. The summed E-state index contributed by atoms with van der Waals surface area (Å²) < 4.78 is 1.93. The van der Waals surface area contributed by atoms with Gasteiger partial charge in [-0.3, -0.25) is 10.5 Å². The number of hydrogen-bond donors (Lipinski definition) is 2. The van der Waals surface area contributed by atoms with E-state index in [-0.39, 0.29) is 6.04 Å². The lowest BCUT2D eigenvalue weighted by Crippen LogP contribution is -2.31. The van der Waals surface area contributed by atoms with Crippen LogP contribution in [0.1, 0.15) is 36.8 Å². The number of benzene rings is 1. The number of halogens is 2. The molecule has 108 valence electrons. The maximum absolute atomic E-state index is 6.30. The standard InChI is InChI=1S/C14H18Cl2N4/c1-3-9-8-12(20(4-2)19-9)14(18-17)10-6-5-7-11(15)13(10)16/h5-8,14,18H,3-4,17H2,1-2H3. The molecular formula is C14H18Cl2N4. The Morgan fingerprint density at radius 3 is 2.70 bits per heavy atom.